The molecule has 0 N–H and O–H groups in total. The number of carbonyl (C=O) groups excluding carboxylic acids is 1. The molecular weight excluding hydrogens is 411 g/mol. The Labute approximate surface area is 187 Å². The van der Waals surface area contributed by atoms with Gasteiger partial charge < -0.3 is 4.90 Å². The quantitative estimate of drug-likeness (QED) is 0.553. The molecule has 1 unspecified atom stereocenters. The first kappa shape index (κ1) is 21.7. The zero-order chi connectivity index (χ0) is 21.8. The molecule has 1 saturated heterocycles. The second kappa shape index (κ2) is 9.75. The fraction of sp³-hybridized carbons (Fsp3) is 0.417. The van der Waals surface area contributed by atoms with E-state index in [2.05, 4.69) is 16.2 Å². The van der Waals surface area contributed by atoms with Gasteiger partial charge in [-0.15, -0.1) is 11.3 Å². The highest BCUT2D eigenvalue weighted by Gasteiger charge is 2.32. The normalized spacial score (nSPS) is 16.4. The van der Waals surface area contributed by atoms with Gasteiger partial charge in [-0.05, 0) is 61.3 Å². The van der Waals surface area contributed by atoms with Crippen molar-refractivity contribution in [2.24, 2.45) is 13.0 Å². The maximum absolute atomic E-state index is 14.4. The number of hydrogen-bond acceptors (Lipinski definition) is 4. The van der Waals surface area contributed by atoms with Gasteiger partial charge in [0.15, 0.2) is 0 Å². The number of likely N-dealkylation sites (N-methyl/N-ethyl adjacent to an activating group) is 1. The molecule has 0 radical (unpaired) electrons. The Morgan fingerprint density at radius 1 is 1.26 bits per heavy atom. The SMILES string of the molecule is CN(C(=O)c1cccs1)C(Cc1ccccc1F)C1CCN(Cc2cnn(C)c2)CC1. The Bertz CT molecular complexity index is 995. The first-order valence-electron chi connectivity index (χ1n) is 10.7. The van der Waals surface area contributed by atoms with Gasteiger partial charge in [0.25, 0.3) is 5.91 Å². The van der Waals surface area contributed by atoms with Crippen LogP contribution in [0.15, 0.2) is 54.2 Å². The summed E-state index contributed by atoms with van der Waals surface area (Å²) in [6.07, 6.45) is 6.48. The molecule has 7 heteroatoms. The van der Waals surface area contributed by atoms with E-state index in [1.165, 1.54) is 23.0 Å². The average Bonchev–Trinajstić information content (AvgIpc) is 3.45. The third-order valence-corrected chi connectivity index (χ3v) is 7.14. The second-order valence-corrected chi connectivity index (χ2v) is 9.34. The first-order valence-corrected chi connectivity index (χ1v) is 11.6. The Hall–Kier alpha value is -2.51. The van der Waals surface area contributed by atoms with Crippen LogP contribution in [0.5, 0.6) is 0 Å². The molecule has 4 rings (SSSR count). The fourth-order valence-corrected chi connectivity index (χ4v) is 5.25. The molecule has 1 aliphatic rings. The number of nitrogens with zero attached hydrogens (tertiary/aromatic N) is 4. The van der Waals surface area contributed by atoms with Gasteiger partial charge in [0.1, 0.15) is 5.82 Å². The van der Waals surface area contributed by atoms with Crippen LogP contribution in [0.25, 0.3) is 0 Å². The summed E-state index contributed by atoms with van der Waals surface area (Å²) in [4.78, 5) is 18.1. The zero-order valence-electron chi connectivity index (χ0n) is 18.1. The van der Waals surface area contributed by atoms with E-state index in [9.17, 15) is 9.18 Å². The van der Waals surface area contributed by atoms with Crippen LogP contribution in [0.2, 0.25) is 0 Å². The van der Waals surface area contributed by atoms with E-state index < -0.39 is 0 Å². The number of amides is 1. The molecule has 1 fully saturated rings. The average molecular weight is 441 g/mol. The van der Waals surface area contributed by atoms with Crippen LogP contribution >= 0.6 is 11.3 Å². The maximum Gasteiger partial charge on any atom is 0.263 e. The molecule has 1 amide bonds. The van der Waals surface area contributed by atoms with Crippen molar-refractivity contribution in [3.63, 3.8) is 0 Å². The largest absolute Gasteiger partial charge is 0.337 e. The summed E-state index contributed by atoms with van der Waals surface area (Å²) < 4.78 is 16.3. The molecule has 3 heterocycles. The molecule has 0 bridgehead atoms. The number of aromatic nitrogens is 2. The van der Waals surface area contributed by atoms with Crippen molar-refractivity contribution in [3.05, 3.63) is 76.0 Å². The number of benzene rings is 1. The summed E-state index contributed by atoms with van der Waals surface area (Å²) >= 11 is 1.46. The standard InChI is InChI=1S/C24H29FN4OS/c1-27-16-18(15-26-27)17-29-11-9-19(10-12-29)22(14-20-6-3-4-7-21(20)25)28(2)24(30)23-8-5-13-31-23/h3-8,13,15-16,19,22H,9-12,14,17H2,1-2H3. The Kier molecular flexibility index (Phi) is 6.83. The number of thiophene rings is 1. The molecule has 0 saturated carbocycles. The number of rotatable bonds is 7. The molecule has 1 aromatic carbocycles. The molecular formula is C24H29FN4OS. The predicted octanol–water partition coefficient (Wildman–Crippen LogP) is 4.22. The predicted molar refractivity (Wildman–Crippen MR) is 122 cm³/mol. The Morgan fingerprint density at radius 3 is 2.68 bits per heavy atom. The van der Waals surface area contributed by atoms with Gasteiger partial charge in [-0.25, -0.2) is 4.39 Å². The lowest BCUT2D eigenvalue weighted by Gasteiger charge is -2.40. The van der Waals surface area contributed by atoms with Crippen molar-refractivity contribution in [3.8, 4) is 0 Å². The lowest BCUT2D eigenvalue weighted by molar-refractivity contribution is 0.0588. The van der Waals surface area contributed by atoms with E-state index in [4.69, 9.17) is 0 Å². The third kappa shape index (κ3) is 5.22. The van der Waals surface area contributed by atoms with Crippen molar-refractivity contribution < 1.29 is 9.18 Å². The van der Waals surface area contributed by atoms with Gasteiger partial charge in [-0.3, -0.25) is 14.4 Å². The number of carbonyl (C=O) groups is 1. The van der Waals surface area contributed by atoms with E-state index in [0.717, 1.165) is 37.4 Å². The number of likely N-dealkylation sites (tertiary alicyclic amines) is 1. The number of halogens is 1. The molecule has 31 heavy (non-hydrogen) atoms. The Balaban J connectivity index is 1.47. The van der Waals surface area contributed by atoms with Gasteiger partial charge >= 0.3 is 0 Å². The summed E-state index contributed by atoms with van der Waals surface area (Å²) in [7, 11) is 3.80. The number of aryl methyl sites for hydroxylation is 1. The molecule has 5 nitrogen and oxygen atoms in total. The smallest absolute Gasteiger partial charge is 0.263 e. The van der Waals surface area contributed by atoms with E-state index >= 15 is 0 Å². The number of hydrogen-bond donors (Lipinski definition) is 0. The molecule has 1 atom stereocenters. The van der Waals surface area contributed by atoms with Crippen molar-refractivity contribution in [2.75, 3.05) is 20.1 Å². The molecule has 0 aliphatic carbocycles. The van der Waals surface area contributed by atoms with Crippen LogP contribution in [0, 0.1) is 11.7 Å². The maximum atomic E-state index is 14.4. The summed E-state index contributed by atoms with van der Waals surface area (Å²) in [5.41, 5.74) is 1.89. The summed E-state index contributed by atoms with van der Waals surface area (Å²) in [6.45, 7) is 2.82. The lowest BCUT2D eigenvalue weighted by Crippen LogP contribution is -2.47. The third-order valence-electron chi connectivity index (χ3n) is 6.28. The minimum absolute atomic E-state index is 0.0223. The van der Waals surface area contributed by atoms with Crippen LogP contribution in [-0.4, -0.2) is 51.7 Å². The van der Waals surface area contributed by atoms with Crippen LogP contribution in [-0.2, 0) is 20.0 Å². The van der Waals surface area contributed by atoms with Crippen LogP contribution in [0.3, 0.4) is 0 Å². The highest BCUT2D eigenvalue weighted by Crippen LogP contribution is 2.29. The van der Waals surface area contributed by atoms with Crippen molar-refractivity contribution in [1.29, 1.82) is 0 Å². The topological polar surface area (TPSA) is 41.4 Å². The van der Waals surface area contributed by atoms with Crippen LogP contribution in [0.1, 0.15) is 33.6 Å². The monoisotopic (exact) mass is 440 g/mol. The van der Waals surface area contributed by atoms with E-state index in [-0.39, 0.29) is 17.8 Å². The van der Waals surface area contributed by atoms with Gasteiger partial charge in [0.05, 0.1) is 11.1 Å². The fourth-order valence-electron chi connectivity index (χ4n) is 4.54. The lowest BCUT2D eigenvalue weighted by atomic mass is 9.84. The molecule has 3 aromatic rings. The zero-order valence-corrected chi connectivity index (χ0v) is 18.9. The Morgan fingerprint density at radius 2 is 2.03 bits per heavy atom. The van der Waals surface area contributed by atoms with Crippen LogP contribution < -0.4 is 0 Å². The van der Waals surface area contributed by atoms with E-state index in [1.54, 1.807) is 6.07 Å². The molecule has 164 valence electrons. The van der Waals surface area contributed by atoms with Gasteiger partial charge in [0, 0.05) is 38.4 Å². The highest BCUT2D eigenvalue weighted by atomic mass is 32.1. The van der Waals surface area contributed by atoms with Gasteiger partial charge in [0.2, 0.25) is 0 Å². The van der Waals surface area contributed by atoms with Crippen molar-refractivity contribution in [1.82, 2.24) is 19.6 Å². The first-order chi connectivity index (χ1) is 15.0. The molecule has 1 aliphatic heterocycles. The summed E-state index contributed by atoms with van der Waals surface area (Å²) in [6, 6.07) is 10.6. The molecule has 2 aromatic heterocycles. The summed E-state index contributed by atoms with van der Waals surface area (Å²) in [5.74, 6) is 0.159. The molecule has 0 spiro atoms. The minimum atomic E-state index is -0.196. The van der Waals surface area contributed by atoms with Crippen LogP contribution in [0.4, 0.5) is 4.39 Å². The van der Waals surface area contributed by atoms with Crippen molar-refractivity contribution >= 4 is 17.2 Å². The number of piperidine rings is 1. The van der Waals surface area contributed by atoms with E-state index in [1.807, 2.05) is 59.5 Å². The van der Waals surface area contributed by atoms with Gasteiger partial charge in [-0.1, -0.05) is 24.3 Å². The summed E-state index contributed by atoms with van der Waals surface area (Å²) in [5, 5.41) is 6.18. The van der Waals surface area contributed by atoms with E-state index in [0.29, 0.717) is 17.9 Å². The second-order valence-electron chi connectivity index (χ2n) is 8.39. The van der Waals surface area contributed by atoms with Gasteiger partial charge in [-0.2, -0.15) is 5.10 Å². The highest BCUT2D eigenvalue weighted by molar-refractivity contribution is 7.12. The minimum Gasteiger partial charge on any atom is -0.337 e. The van der Waals surface area contributed by atoms with Crippen molar-refractivity contribution in [2.45, 2.75) is 31.8 Å².